The van der Waals surface area contributed by atoms with Crippen LogP contribution in [0.15, 0.2) is 18.2 Å². The highest BCUT2D eigenvalue weighted by Crippen LogP contribution is 2.20. The maximum absolute atomic E-state index is 12.2. The van der Waals surface area contributed by atoms with E-state index in [1.54, 1.807) is 0 Å². The standard InChI is InChI=1S/C15H23N3O/c1-3-12-6-7-13(9-14(12)16)17-15(19)18-8-4-5-11(2)10-18/h6-7,9,11H,3-5,8,10,16H2,1-2H3,(H,17,19). The summed E-state index contributed by atoms with van der Waals surface area (Å²) >= 11 is 0. The Balaban J connectivity index is 2.00. The largest absolute Gasteiger partial charge is 0.398 e. The third-order valence-corrected chi connectivity index (χ3v) is 3.72. The van der Waals surface area contributed by atoms with Gasteiger partial charge in [-0.1, -0.05) is 19.9 Å². The van der Waals surface area contributed by atoms with Crippen LogP contribution in [-0.2, 0) is 6.42 Å². The summed E-state index contributed by atoms with van der Waals surface area (Å²) in [4.78, 5) is 14.0. The number of rotatable bonds is 2. The first-order valence-electron chi connectivity index (χ1n) is 7.04. The summed E-state index contributed by atoms with van der Waals surface area (Å²) < 4.78 is 0. The highest BCUT2D eigenvalue weighted by molar-refractivity contribution is 5.90. The van der Waals surface area contributed by atoms with Crippen LogP contribution in [0.3, 0.4) is 0 Å². The van der Waals surface area contributed by atoms with Crippen molar-refractivity contribution in [2.75, 3.05) is 24.1 Å². The fraction of sp³-hybridized carbons (Fsp3) is 0.533. The van der Waals surface area contributed by atoms with E-state index in [0.29, 0.717) is 5.92 Å². The van der Waals surface area contributed by atoms with Crippen molar-refractivity contribution in [3.05, 3.63) is 23.8 Å². The first-order chi connectivity index (χ1) is 9.10. The number of likely N-dealkylation sites (tertiary alicyclic amines) is 1. The molecular weight excluding hydrogens is 238 g/mol. The quantitative estimate of drug-likeness (QED) is 0.804. The molecule has 4 heteroatoms. The molecule has 2 amide bonds. The van der Waals surface area contributed by atoms with Crippen LogP contribution < -0.4 is 11.1 Å². The summed E-state index contributed by atoms with van der Waals surface area (Å²) in [5.41, 5.74) is 8.58. The van der Waals surface area contributed by atoms with Crippen LogP contribution >= 0.6 is 0 Å². The van der Waals surface area contributed by atoms with Gasteiger partial charge in [0.15, 0.2) is 0 Å². The molecule has 1 aliphatic rings. The van der Waals surface area contributed by atoms with Gasteiger partial charge in [0.25, 0.3) is 0 Å². The van der Waals surface area contributed by atoms with Crippen LogP contribution in [0.1, 0.15) is 32.3 Å². The minimum absolute atomic E-state index is 0.0183. The monoisotopic (exact) mass is 261 g/mol. The number of nitrogens with zero attached hydrogens (tertiary/aromatic N) is 1. The number of benzene rings is 1. The van der Waals surface area contributed by atoms with E-state index < -0.39 is 0 Å². The lowest BCUT2D eigenvalue weighted by molar-refractivity contribution is 0.182. The van der Waals surface area contributed by atoms with Crippen LogP contribution in [0.2, 0.25) is 0 Å². The predicted octanol–water partition coefficient (Wildman–Crippen LogP) is 3.10. The second-order valence-corrected chi connectivity index (χ2v) is 5.39. The Morgan fingerprint density at radius 3 is 2.95 bits per heavy atom. The Labute approximate surface area is 115 Å². The molecule has 1 aromatic carbocycles. The number of piperidine rings is 1. The highest BCUT2D eigenvalue weighted by atomic mass is 16.2. The third kappa shape index (κ3) is 3.40. The van der Waals surface area contributed by atoms with Crippen LogP contribution in [0.5, 0.6) is 0 Å². The summed E-state index contributed by atoms with van der Waals surface area (Å²) in [6, 6.07) is 5.71. The van der Waals surface area contributed by atoms with Crippen molar-refractivity contribution in [1.29, 1.82) is 0 Å². The van der Waals surface area contributed by atoms with Crippen molar-refractivity contribution in [3.8, 4) is 0 Å². The van der Waals surface area contributed by atoms with Gasteiger partial charge in [0, 0.05) is 24.5 Å². The molecule has 1 saturated heterocycles. The first-order valence-corrected chi connectivity index (χ1v) is 7.04. The van der Waals surface area contributed by atoms with Gasteiger partial charge in [-0.05, 0) is 42.9 Å². The van der Waals surface area contributed by atoms with E-state index in [1.807, 2.05) is 23.1 Å². The third-order valence-electron chi connectivity index (χ3n) is 3.72. The molecule has 19 heavy (non-hydrogen) atoms. The van der Waals surface area contributed by atoms with Crippen LogP contribution in [0.4, 0.5) is 16.2 Å². The van der Waals surface area contributed by atoms with E-state index in [1.165, 1.54) is 6.42 Å². The maximum Gasteiger partial charge on any atom is 0.321 e. The molecular formula is C15H23N3O. The molecule has 3 N–H and O–H groups in total. The number of urea groups is 1. The Morgan fingerprint density at radius 1 is 1.53 bits per heavy atom. The van der Waals surface area contributed by atoms with Gasteiger partial charge in [-0.25, -0.2) is 4.79 Å². The molecule has 0 aliphatic carbocycles. The second kappa shape index (κ2) is 5.95. The molecule has 0 saturated carbocycles. The van der Waals surface area contributed by atoms with Crippen molar-refractivity contribution in [3.63, 3.8) is 0 Å². The van der Waals surface area contributed by atoms with E-state index in [-0.39, 0.29) is 6.03 Å². The van der Waals surface area contributed by atoms with Crippen molar-refractivity contribution in [2.24, 2.45) is 5.92 Å². The van der Waals surface area contributed by atoms with Gasteiger partial charge in [-0.15, -0.1) is 0 Å². The van der Waals surface area contributed by atoms with E-state index in [2.05, 4.69) is 19.2 Å². The molecule has 1 aliphatic heterocycles. The van der Waals surface area contributed by atoms with Crippen molar-refractivity contribution < 1.29 is 4.79 Å². The summed E-state index contributed by atoms with van der Waals surface area (Å²) in [7, 11) is 0. The van der Waals surface area contributed by atoms with Gasteiger partial charge < -0.3 is 16.0 Å². The Morgan fingerprint density at radius 2 is 2.32 bits per heavy atom. The Bertz CT molecular complexity index is 459. The van der Waals surface area contributed by atoms with E-state index in [4.69, 9.17) is 5.73 Å². The summed E-state index contributed by atoms with van der Waals surface area (Å²) in [5, 5.41) is 2.93. The Hall–Kier alpha value is -1.71. The van der Waals surface area contributed by atoms with E-state index in [0.717, 1.165) is 42.9 Å². The fourth-order valence-electron chi connectivity index (χ4n) is 2.57. The van der Waals surface area contributed by atoms with Gasteiger partial charge in [0.05, 0.1) is 0 Å². The number of nitrogens with two attached hydrogens (primary N) is 1. The number of carbonyl (C=O) groups excluding carboxylic acids is 1. The highest BCUT2D eigenvalue weighted by Gasteiger charge is 2.20. The number of hydrogen-bond donors (Lipinski definition) is 2. The number of anilines is 2. The summed E-state index contributed by atoms with van der Waals surface area (Å²) in [6.45, 7) is 5.94. The van der Waals surface area contributed by atoms with Crippen LogP contribution in [0.25, 0.3) is 0 Å². The average Bonchev–Trinajstić information content (AvgIpc) is 2.39. The summed E-state index contributed by atoms with van der Waals surface area (Å²) in [6.07, 6.45) is 3.21. The number of amides is 2. The van der Waals surface area contributed by atoms with E-state index in [9.17, 15) is 4.79 Å². The van der Waals surface area contributed by atoms with Crippen LogP contribution in [0, 0.1) is 5.92 Å². The van der Waals surface area contributed by atoms with Gasteiger partial charge in [0.1, 0.15) is 0 Å². The zero-order valence-electron chi connectivity index (χ0n) is 11.8. The number of hydrogen-bond acceptors (Lipinski definition) is 2. The van der Waals surface area contributed by atoms with E-state index >= 15 is 0 Å². The van der Waals surface area contributed by atoms with Gasteiger partial charge >= 0.3 is 6.03 Å². The molecule has 4 nitrogen and oxygen atoms in total. The van der Waals surface area contributed by atoms with Crippen molar-refractivity contribution >= 4 is 17.4 Å². The average molecular weight is 261 g/mol. The fourth-order valence-corrected chi connectivity index (χ4v) is 2.57. The molecule has 104 valence electrons. The van der Waals surface area contributed by atoms with Gasteiger partial charge in [-0.2, -0.15) is 0 Å². The second-order valence-electron chi connectivity index (χ2n) is 5.39. The molecule has 0 aromatic heterocycles. The number of nitrogens with one attached hydrogen (secondary N) is 1. The summed E-state index contributed by atoms with van der Waals surface area (Å²) in [5.74, 6) is 0.590. The maximum atomic E-state index is 12.2. The topological polar surface area (TPSA) is 58.4 Å². The lowest BCUT2D eigenvalue weighted by Crippen LogP contribution is -2.41. The normalized spacial score (nSPS) is 19.3. The lowest BCUT2D eigenvalue weighted by Gasteiger charge is -2.31. The first kappa shape index (κ1) is 13.7. The molecule has 2 rings (SSSR count). The molecule has 1 atom stereocenters. The Kier molecular flexibility index (Phi) is 4.30. The number of aryl methyl sites for hydroxylation is 1. The molecule has 0 spiro atoms. The molecule has 0 radical (unpaired) electrons. The molecule has 1 aromatic rings. The number of carbonyl (C=O) groups is 1. The molecule has 0 bridgehead atoms. The van der Waals surface area contributed by atoms with Gasteiger partial charge in [0.2, 0.25) is 0 Å². The van der Waals surface area contributed by atoms with Crippen molar-refractivity contribution in [2.45, 2.75) is 33.1 Å². The zero-order chi connectivity index (χ0) is 13.8. The lowest BCUT2D eigenvalue weighted by atomic mass is 10.0. The molecule has 1 fully saturated rings. The molecule has 1 unspecified atom stereocenters. The van der Waals surface area contributed by atoms with Crippen molar-refractivity contribution in [1.82, 2.24) is 4.90 Å². The predicted molar refractivity (Wildman–Crippen MR) is 79.2 cm³/mol. The minimum Gasteiger partial charge on any atom is -0.398 e. The smallest absolute Gasteiger partial charge is 0.321 e. The van der Waals surface area contributed by atoms with Gasteiger partial charge in [-0.3, -0.25) is 0 Å². The minimum atomic E-state index is -0.0183. The number of nitrogen functional groups attached to an aromatic ring is 1. The van der Waals surface area contributed by atoms with Crippen LogP contribution in [-0.4, -0.2) is 24.0 Å². The molecule has 1 heterocycles. The zero-order valence-corrected chi connectivity index (χ0v) is 11.8. The SMILES string of the molecule is CCc1ccc(NC(=O)N2CCCC(C)C2)cc1N.